The first kappa shape index (κ1) is 15.8. The number of thioether (sulfide) groups is 1. The second-order valence-electron chi connectivity index (χ2n) is 6.66. The summed E-state index contributed by atoms with van der Waals surface area (Å²) in [5, 5.41) is 12.5. The van der Waals surface area contributed by atoms with Crippen molar-refractivity contribution in [2.24, 2.45) is 0 Å². The van der Waals surface area contributed by atoms with E-state index >= 15 is 0 Å². The number of amides is 1. The van der Waals surface area contributed by atoms with E-state index in [0.717, 1.165) is 48.8 Å². The Labute approximate surface area is 154 Å². The molecule has 134 valence electrons. The molecule has 0 N–H and O–H groups in total. The van der Waals surface area contributed by atoms with Crippen molar-refractivity contribution in [1.82, 2.24) is 29.6 Å². The Morgan fingerprint density at radius 1 is 1.27 bits per heavy atom. The van der Waals surface area contributed by atoms with Crippen molar-refractivity contribution >= 4 is 23.3 Å². The Morgan fingerprint density at radius 2 is 2.12 bits per heavy atom. The predicted molar refractivity (Wildman–Crippen MR) is 95.9 cm³/mol. The molecule has 5 rings (SSSR count). The summed E-state index contributed by atoms with van der Waals surface area (Å²) in [5.41, 5.74) is 1.49. The Hall–Kier alpha value is -2.42. The number of hydrogen-bond acceptors (Lipinski definition) is 7. The second-order valence-corrected chi connectivity index (χ2v) is 7.89. The smallest absolute Gasteiger partial charge is 0.258 e. The molecule has 0 unspecified atom stereocenters. The van der Waals surface area contributed by atoms with Gasteiger partial charge >= 0.3 is 0 Å². The van der Waals surface area contributed by atoms with Crippen LogP contribution in [0.15, 0.2) is 22.9 Å². The highest BCUT2D eigenvalue weighted by Gasteiger charge is 2.29. The minimum atomic E-state index is 0.106. The third kappa shape index (κ3) is 2.96. The first-order valence-corrected chi connectivity index (χ1v) is 9.96. The molecule has 2 aliphatic rings. The molecule has 26 heavy (non-hydrogen) atoms. The van der Waals surface area contributed by atoms with Gasteiger partial charge in [0.25, 0.3) is 5.89 Å². The van der Waals surface area contributed by atoms with Gasteiger partial charge in [-0.05, 0) is 25.0 Å². The van der Waals surface area contributed by atoms with E-state index in [9.17, 15) is 4.79 Å². The number of aromatic nitrogens is 5. The molecule has 0 spiro atoms. The van der Waals surface area contributed by atoms with Gasteiger partial charge in [-0.1, -0.05) is 5.16 Å². The first-order valence-electron chi connectivity index (χ1n) is 8.81. The summed E-state index contributed by atoms with van der Waals surface area (Å²) in [6, 6.07) is 3.76. The minimum absolute atomic E-state index is 0.106. The topological polar surface area (TPSA) is 89.4 Å². The molecule has 0 atom stereocenters. The number of hydrogen-bond donors (Lipinski definition) is 0. The Kier molecular flexibility index (Phi) is 3.88. The summed E-state index contributed by atoms with van der Waals surface area (Å²) in [6.07, 6.45) is 4.39. The normalized spacial score (nSPS) is 17.8. The van der Waals surface area contributed by atoms with Crippen LogP contribution in [0.25, 0.3) is 17.1 Å². The lowest BCUT2D eigenvalue weighted by atomic mass is 10.2. The average Bonchev–Trinajstić information content (AvgIpc) is 3.28. The van der Waals surface area contributed by atoms with Crippen molar-refractivity contribution in [2.45, 2.75) is 25.2 Å². The SMILES string of the molecule is O=C(Cc1nnc2cc(-c3nc(C4CC4)no3)ccn12)N1CCSCC1. The van der Waals surface area contributed by atoms with E-state index in [4.69, 9.17) is 4.52 Å². The molecule has 2 fully saturated rings. The van der Waals surface area contributed by atoms with E-state index in [0.29, 0.717) is 23.3 Å². The molecular formula is C17H18N6O2S. The quantitative estimate of drug-likeness (QED) is 0.691. The molecule has 1 amide bonds. The number of carbonyl (C=O) groups is 1. The monoisotopic (exact) mass is 370 g/mol. The third-order valence-electron chi connectivity index (χ3n) is 4.78. The zero-order valence-corrected chi connectivity index (χ0v) is 15.0. The van der Waals surface area contributed by atoms with E-state index in [1.54, 1.807) is 0 Å². The summed E-state index contributed by atoms with van der Waals surface area (Å²) < 4.78 is 7.22. The lowest BCUT2D eigenvalue weighted by Crippen LogP contribution is -2.39. The molecule has 4 heterocycles. The maximum absolute atomic E-state index is 12.5. The van der Waals surface area contributed by atoms with Gasteiger partial charge in [0, 0.05) is 42.3 Å². The van der Waals surface area contributed by atoms with Crippen LogP contribution >= 0.6 is 11.8 Å². The third-order valence-corrected chi connectivity index (χ3v) is 5.73. The highest BCUT2D eigenvalue weighted by Crippen LogP contribution is 2.38. The molecule has 0 aromatic carbocycles. The number of nitrogens with zero attached hydrogens (tertiary/aromatic N) is 6. The van der Waals surface area contributed by atoms with Gasteiger partial charge in [-0.15, -0.1) is 10.2 Å². The van der Waals surface area contributed by atoms with Crippen molar-refractivity contribution in [3.8, 4) is 11.5 Å². The van der Waals surface area contributed by atoms with Crippen molar-refractivity contribution in [3.63, 3.8) is 0 Å². The number of pyridine rings is 1. The van der Waals surface area contributed by atoms with Crippen LogP contribution in [0.5, 0.6) is 0 Å². The molecule has 0 radical (unpaired) electrons. The Morgan fingerprint density at radius 3 is 2.92 bits per heavy atom. The summed E-state index contributed by atoms with van der Waals surface area (Å²) in [4.78, 5) is 18.8. The summed E-state index contributed by atoms with van der Waals surface area (Å²) in [6.45, 7) is 1.62. The average molecular weight is 370 g/mol. The number of rotatable bonds is 4. The molecule has 0 bridgehead atoms. The predicted octanol–water partition coefficient (Wildman–Crippen LogP) is 1.77. The van der Waals surface area contributed by atoms with Crippen LogP contribution in [0.4, 0.5) is 0 Å². The maximum Gasteiger partial charge on any atom is 0.258 e. The van der Waals surface area contributed by atoms with Gasteiger partial charge in [-0.3, -0.25) is 9.20 Å². The molecule has 3 aromatic rings. The summed E-state index contributed by atoms with van der Waals surface area (Å²) in [7, 11) is 0. The van der Waals surface area contributed by atoms with E-state index in [1.165, 1.54) is 0 Å². The van der Waals surface area contributed by atoms with Crippen LogP contribution in [0.2, 0.25) is 0 Å². The van der Waals surface area contributed by atoms with Gasteiger partial charge in [0.05, 0.1) is 6.42 Å². The van der Waals surface area contributed by atoms with E-state index in [-0.39, 0.29) is 12.3 Å². The molecule has 3 aromatic heterocycles. The molecule has 1 aliphatic heterocycles. The summed E-state index contributed by atoms with van der Waals surface area (Å²) >= 11 is 1.89. The van der Waals surface area contributed by atoms with Crippen LogP contribution in [-0.2, 0) is 11.2 Å². The van der Waals surface area contributed by atoms with Crippen LogP contribution in [0.1, 0.15) is 30.4 Å². The summed E-state index contributed by atoms with van der Waals surface area (Å²) in [5.74, 6) is 4.50. The fourth-order valence-corrected chi connectivity index (χ4v) is 4.02. The molecule has 1 saturated carbocycles. The largest absolute Gasteiger partial charge is 0.341 e. The fourth-order valence-electron chi connectivity index (χ4n) is 3.11. The molecule has 9 heteroatoms. The van der Waals surface area contributed by atoms with E-state index < -0.39 is 0 Å². The Bertz CT molecular complexity index is 957. The van der Waals surface area contributed by atoms with Crippen molar-refractivity contribution in [3.05, 3.63) is 30.0 Å². The van der Waals surface area contributed by atoms with Gasteiger partial charge in [-0.2, -0.15) is 16.7 Å². The van der Waals surface area contributed by atoms with Gasteiger partial charge in [0.1, 0.15) is 5.82 Å². The fraction of sp³-hybridized carbons (Fsp3) is 0.471. The van der Waals surface area contributed by atoms with Gasteiger partial charge < -0.3 is 9.42 Å². The standard InChI is InChI=1S/C17H18N6O2S/c24-15(22-5-7-26-8-6-22)10-14-20-19-13-9-12(3-4-23(13)14)17-18-16(21-25-17)11-1-2-11/h3-4,9,11H,1-2,5-8,10H2. The molecular weight excluding hydrogens is 352 g/mol. The van der Waals surface area contributed by atoms with Crippen molar-refractivity contribution in [2.75, 3.05) is 24.6 Å². The van der Waals surface area contributed by atoms with Crippen LogP contribution in [0, 0.1) is 0 Å². The van der Waals surface area contributed by atoms with Crippen molar-refractivity contribution in [1.29, 1.82) is 0 Å². The minimum Gasteiger partial charge on any atom is -0.341 e. The van der Waals surface area contributed by atoms with Crippen LogP contribution < -0.4 is 0 Å². The van der Waals surface area contributed by atoms with E-state index in [1.807, 2.05) is 39.4 Å². The van der Waals surface area contributed by atoms with Crippen LogP contribution in [0.3, 0.4) is 0 Å². The van der Waals surface area contributed by atoms with Gasteiger partial charge in [-0.25, -0.2) is 0 Å². The lowest BCUT2D eigenvalue weighted by Gasteiger charge is -2.26. The molecule has 1 saturated heterocycles. The zero-order chi connectivity index (χ0) is 17.5. The van der Waals surface area contributed by atoms with Crippen molar-refractivity contribution < 1.29 is 9.32 Å². The first-order chi connectivity index (χ1) is 12.8. The maximum atomic E-state index is 12.5. The molecule has 1 aliphatic carbocycles. The highest BCUT2D eigenvalue weighted by molar-refractivity contribution is 7.99. The number of carbonyl (C=O) groups excluding carboxylic acids is 1. The van der Waals surface area contributed by atoms with Crippen LogP contribution in [-0.4, -0.2) is 60.1 Å². The van der Waals surface area contributed by atoms with E-state index in [2.05, 4.69) is 20.3 Å². The second kappa shape index (κ2) is 6.39. The number of fused-ring (bicyclic) bond motifs is 1. The Balaban J connectivity index is 1.37. The highest BCUT2D eigenvalue weighted by atomic mass is 32.2. The molecule has 8 nitrogen and oxygen atoms in total. The van der Waals surface area contributed by atoms with Gasteiger partial charge in [0.15, 0.2) is 11.5 Å². The van der Waals surface area contributed by atoms with Gasteiger partial charge in [0.2, 0.25) is 5.91 Å². The lowest BCUT2D eigenvalue weighted by molar-refractivity contribution is -0.130. The zero-order valence-electron chi connectivity index (χ0n) is 14.2.